The van der Waals surface area contributed by atoms with Crippen molar-refractivity contribution in [3.8, 4) is 0 Å². The first-order valence-electron chi connectivity index (χ1n) is 5.64. The Morgan fingerprint density at radius 3 is 2.67 bits per heavy atom. The van der Waals surface area contributed by atoms with Crippen LogP contribution in [0, 0.1) is 11.8 Å². The number of guanidine groups is 1. The van der Waals surface area contributed by atoms with E-state index in [1.807, 2.05) is 0 Å². The van der Waals surface area contributed by atoms with Crippen molar-refractivity contribution >= 4 is 11.9 Å². The SMILES string of the molecule is CN=C1NC(=O)C2(CCC(C)C(C)C2)N1. The molecule has 3 unspecified atom stereocenters. The lowest BCUT2D eigenvalue weighted by molar-refractivity contribution is -0.126. The Morgan fingerprint density at radius 2 is 2.13 bits per heavy atom. The summed E-state index contributed by atoms with van der Waals surface area (Å²) in [5, 5.41) is 6.05. The highest BCUT2D eigenvalue weighted by Crippen LogP contribution is 2.37. The summed E-state index contributed by atoms with van der Waals surface area (Å²) in [6.45, 7) is 4.49. The van der Waals surface area contributed by atoms with Crippen LogP contribution in [-0.2, 0) is 4.79 Å². The van der Waals surface area contributed by atoms with E-state index in [2.05, 4.69) is 29.5 Å². The fourth-order valence-electron chi connectivity index (χ4n) is 2.58. The van der Waals surface area contributed by atoms with Crippen molar-refractivity contribution < 1.29 is 4.79 Å². The number of hydrogen-bond acceptors (Lipinski definition) is 2. The molecular weight excluding hydrogens is 190 g/mol. The second kappa shape index (κ2) is 3.51. The van der Waals surface area contributed by atoms with Crippen LogP contribution < -0.4 is 10.6 Å². The van der Waals surface area contributed by atoms with Crippen LogP contribution in [-0.4, -0.2) is 24.5 Å². The van der Waals surface area contributed by atoms with Crippen molar-refractivity contribution in [1.29, 1.82) is 0 Å². The molecule has 2 aliphatic rings. The molecule has 1 aliphatic carbocycles. The summed E-state index contributed by atoms with van der Waals surface area (Å²) in [5.74, 6) is 2.03. The zero-order valence-corrected chi connectivity index (χ0v) is 9.63. The van der Waals surface area contributed by atoms with Gasteiger partial charge in [0.2, 0.25) is 0 Å². The van der Waals surface area contributed by atoms with Crippen LogP contribution in [0.15, 0.2) is 4.99 Å². The van der Waals surface area contributed by atoms with E-state index in [1.54, 1.807) is 7.05 Å². The number of carbonyl (C=O) groups is 1. The minimum absolute atomic E-state index is 0.0989. The van der Waals surface area contributed by atoms with Gasteiger partial charge in [0.25, 0.3) is 5.91 Å². The van der Waals surface area contributed by atoms with Gasteiger partial charge in [-0.1, -0.05) is 13.8 Å². The van der Waals surface area contributed by atoms with Gasteiger partial charge in [-0.05, 0) is 31.1 Å². The molecular formula is C11H19N3O. The van der Waals surface area contributed by atoms with Gasteiger partial charge < -0.3 is 5.32 Å². The molecule has 2 fully saturated rings. The summed E-state index contributed by atoms with van der Waals surface area (Å²) in [4.78, 5) is 15.9. The first-order valence-corrected chi connectivity index (χ1v) is 5.64. The molecule has 1 heterocycles. The summed E-state index contributed by atoms with van der Waals surface area (Å²) < 4.78 is 0. The third-order valence-corrected chi connectivity index (χ3v) is 3.92. The maximum absolute atomic E-state index is 11.9. The van der Waals surface area contributed by atoms with Crippen molar-refractivity contribution in [2.24, 2.45) is 16.8 Å². The van der Waals surface area contributed by atoms with Crippen LogP contribution in [0.5, 0.6) is 0 Å². The fraction of sp³-hybridized carbons (Fsp3) is 0.818. The lowest BCUT2D eigenvalue weighted by Crippen LogP contribution is -2.51. The molecule has 0 aromatic carbocycles. The van der Waals surface area contributed by atoms with Gasteiger partial charge in [0, 0.05) is 7.05 Å². The zero-order valence-electron chi connectivity index (χ0n) is 9.63. The number of nitrogens with zero attached hydrogens (tertiary/aromatic N) is 1. The standard InChI is InChI=1S/C11H19N3O/c1-7-4-5-11(6-8(7)2)9(15)13-10(12-3)14-11/h7-8H,4-6H2,1-3H3,(H2,12,13,14,15). The normalized spacial score (nSPS) is 43.1. The first-order chi connectivity index (χ1) is 7.07. The maximum atomic E-state index is 11.9. The minimum Gasteiger partial charge on any atom is -0.342 e. The zero-order chi connectivity index (χ0) is 11.1. The lowest BCUT2D eigenvalue weighted by atomic mass is 9.71. The molecule has 0 aromatic rings. The monoisotopic (exact) mass is 209 g/mol. The lowest BCUT2D eigenvalue weighted by Gasteiger charge is -2.38. The Kier molecular flexibility index (Phi) is 2.44. The Morgan fingerprint density at radius 1 is 1.40 bits per heavy atom. The van der Waals surface area contributed by atoms with E-state index in [9.17, 15) is 4.79 Å². The quantitative estimate of drug-likeness (QED) is 0.622. The van der Waals surface area contributed by atoms with E-state index in [0.717, 1.165) is 19.3 Å². The van der Waals surface area contributed by atoms with Crippen LogP contribution in [0.1, 0.15) is 33.1 Å². The van der Waals surface area contributed by atoms with Crippen LogP contribution in [0.4, 0.5) is 0 Å². The highest BCUT2D eigenvalue weighted by Gasteiger charge is 2.48. The Labute approximate surface area is 90.5 Å². The molecule has 84 valence electrons. The number of aliphatic imine (C=N–C) groups is 1. The Bertz CT molecular complexity index is 313. The van der Waals surface area contributed by atoms with Gasteiger partial charge in [-0.25, -0.2) is 0 Å². The molecule has 15 heavy (non-hydrogen) atoms. The Hall–Kier alpha value is -1.06. The summed E-state index contributed by atoms with van der Waals surface area (Å²) in [6.07, 6.45) is 2.95. The predicted octanol–water partition coefficient (Wildman–Crippen LogP) is 0.886. The molecule has 2 rings (SSSR count). The first kappa shape index (κ1) is 10.5. The molecule has 1 saturated carbocycles. The van der Waals surface area contributed by atoms with E-state index in [-0.39, 0.29) is 11.4 Å². The second-order valence-electron chi connectivity index (χ2n) is 4.93. The van der Waals surface area contributed by atoms with Crippen LogP contribution >= 0.6 is 0 Å². The average molecular weight is 209 g/mol. The van der Waals surface area contributed by atoms with Gasteiger partial charge in [-0.2, -0.15) is 0 Å². The van der Waals surface area contributed by atoms with Crippen molar-refractivity contribution in [1.82, 2.24) is 10.6 Å². The van der Waals surface area contributed by atoms with Gasteiger partial charge >= 0.3 is 0 Å². The van der Waals surface area contributed by atoms with Crippen LogP contribution in [0.25, 0.3) is 0 Å². The maximum Gasteiger partial charge on any atom is 0.252 e. The highest BCUT2D eigenvalue weighted by molar-refractivity contribution is 6.09. The molecule has 0 radical (unpaired) electrons. The Balaban J connectivity index is 2.18. The summed E-state index contributed by atoms with van der Waals surface area (Å²) in [6, 6.07) is 0. The smallest absolute Gasteiger partial charge is 0.252 e. The molecule has 3 atom stereocenters. The fourth-order valence-corrected chi connectivity index (χ4v) is 2.58. The molecule has 0 aromatic heterocycles. The molecule has 0 bridgehead atoms. The van der Waals surface area contributed by atoms with Crippen LogP contribution in [0.3, 0.4) is 0 Å². The topological polar surface area (TPSA) is 53.5 Å². The minimum atomic E-state index is -0.374. The number of rotatable bonds is 0. The van der Waals surface area contributed by atoms with E-state index in [0.29, 0.717) is 17.8 Å². The van der Waals surface area contributed by atoms with Crippen molar-refractivity contribution in [2.75, 3.05) is 7.05 Å². The van der Waals surface area contributed by atoms with E-state index < -0.39 is 0 Å². The third-order valence-electron chi connectivity index (χ3n) is 3.92. The van der Waals surface area contributed by atoms with Crippen molar-refractivity contribution in [3.63, 3.8) is 0 Å². The summed E-state index contributed by atoms with van der Waals surface area (Å²) in [5.41, 5.74) is -0.374. The van der Waals surface area contributed by atoms with Gasteiger partial charge in [-0.3, -0.25) is 15.1 Å². The van der Waals surface area contributed by atoms with Gasteiger partial charge in [-0.15, -0.1) is 0 Å². The third kappa shape index (κ3) is 1.62. The molecule has 1 spiro atoms. The highest BCUT2D eigenvalue weighted by atomic mass is 16.2. The molecule has 1 aliphatic heterocycles. The number of nitrogens with one attached hydrogen (secondary N) is 2. The molecule has 2 N–H and O–H groups in total. The summed E-state index contributed by atoms with van der Waals surface area (Å²) >= 11 is 0. The molecule has 1 saturated heterocycles. The van der Waals surface area contributed by atoms with Crippen LogP contribution in [0.2, 0.25) is 0 Å². The van der Waals surface area contributed by atoms with Crippen molar-refractivity contribution in [2.45, 2.75) is 38.6 Å². The molecule has 1 amide bonds. The predicted molar refractivity (Wildman–Crippen MR) is 59.5 cm³/mol. The van der Waals surface area contributed by atoms with E-state index >= 15 is 0 Å². The van der Waals surface area contributed by atoms with Crippen molar-refractivity contribution in [3.05, 3.63) is 0 Å². The molecule has 4 heteroatoms. The average Bonchev–Trinajstić information content (AvgIpc) is 2.51. The number of hydrogen-bond donors (Lipinski definition) is 2. The largest absolute Gasteiger partial charge is 0.342 e. The van der Waals surface area contributed by atoms with Gasteiger partial charge in [0.15, 0.2) is 5.96 Å². The van der Waals surface area contributed by atoms with E-state index in [4.69, 9.17) is 0 Å². The second-order valence-corrected chi connectivity index (χ2v) is 4.93. The van der Waals surface area contributed by atoms with Gasteiger partial charge in [0.1, 0.15) is 5.54 Å². The van der Waals surface area contributed by atoms with E-state index in [1.165, 1.54) is 0 Å². The number of carbonyl (C=O) groups excluding carboxylic acids is 1. The summed E-state index contributed by atoms with van der Waals surface area (Å²) in [7, 11) is 1.69. The molecule has 4 nitrogen and oxygen atoms in total. The number of amides is 1. The van der Waals surface area contributed by atoms with Gasteiger partial charge in [0.05, 0.1) is 0 Å².